The van der Waals surface area contributed by atoms with Crippen LogP contribution in [0.15, 0.2) is 102 Å². The van der Waals surface area contributed by atoms with Gasteiger partial charge in [-0.25, -0.2) is 9.38 Å². The minimum absolute atomic E-state index is 0.0487. The molecule has 0 aliphatic heterocycles. The number of fused-ring (bicyclic) bond motifs is 4. The van der Waals surface area contributed by atoms with E-state index in [4.69, 9.17) is 4.98 Å². The van der Waals surface area contributed by atoms with E-state index in [9.17, 15) is 4.79 Å². The molecule has 2 aromatic heterocycles. The molecule has 0 radical (unpaired) electrons. The summed E-state index contributed by atoms with van der Waals surface area (Å²) in [5.41, 5.74) is 6.87. The standard InChI is InChI=1S/C27H19N3O/c1-18-15-16-20(19-9-3-2-4-10-19)17-25(18)29-23-13-7-8-14-24(23)30-26(31)21-11-5-6-12-22(21)28-27(29)30/h2-17H,1H3. The zero-order valence-electron chi connectivity index (χ0n) is 17.0. The van der Waals surface area contributed by atoms with Crippen LogP contribution in [0.4, 0.5) is 0 Å². The number of hydrogen-bond acceptors (Lipinski definition) is 2. The SMILES string of the molecule is Cc1ccc(-c2ccccc2)cc1-n1c2ccccc2n2c(=O)c3ccccc3nc12. The van der Waals surface area contributed by atoms with Crippen molar-refractivity contribution in [3.05, 3.63) is 113 Å². The maximum Gasteiger partial charge on any atom is 0.267 e. The van der Waals surface area contributed by atoms with Gasteiger partial charge in [-0.3, -0.25) is 9.36 Å². The molecule has 4 nitrogen and oxygen atoms in total. The van der Waals surface area contributed by atoms with Crippen molar-refractivity contribution in [2.24, 2.45) is 0 Å². The van der Waals surface area contributed by atoms with Crippen molar-refractivity contribution in [2.45, 2.75) is 6.92 Å². The number of aryl methyl sites for hydroxylation is 1. The molecule has 0 atom stereocenters. The molecule has 2 heterocycles. The van der Waals surface area contributed by atoms with Crippen LogP contribution < -0.4 is 5.56 Å². The predicted molar refractivity (Wildman–Crippen MR) is 126 cm³/mol. The first-order valence-corrected chi connectivity index (χ1v) is 10.3. The van der Waals surface area contributed by atoms with E-state index in [1.54, 1.807) is 4.40 Å². The fraction of sp³-hybridized carbons (Fsp3) is 0.0370. The summed E-state index contributed by atoms with van der Waals surface area (Å²) in [5.74, 6) is 0.623. The highest BCUT2D eigenvalue weighted by molar-refractivity contribution is 5.88. The van der Waals surface area contributed by atoms with E-state index in [2.05, 4.69) is 41.8 Å². The summed E-state index contributed by atoms with van der Waals surface area (Å²) in [5, 5.41) is 0.623. The largest absolute Gasteiger partial charge is 0.278 e. The predicted octanol–water partition coefficient (Wildman–Crippen LogP) is 5.77. The Balaban J connectivity index is 1.77. The maximum absolute atomic E-state index is 13.4. The lowest BCUT2D eigenvalue weighted by molar-refractivity contribution is 1.04. The van der Waals surface area contributed by atoms with E-state index in [1.165, 1.54) is 0 Å². The molecule has 0 amide bonds. The Labute approximate surface area is 178 Å². The first-order chi connectivity index (χ1) is 15.2. The van der Waals surface area contributed by atoms with Gasteiger partial charge in [0.05, 0.1) is 27.6 Å². The number of aromatic nitrogens is 3. The molecule has 0 aliphatic rings. The summed E-state index contributed by atoms with van der Waals surface area (Å²) in [6, 6.07) is 32.3. The number of imidazole rings is 1. The van der Waals surface area contributed by atoms with Crippen LogP contribution in [0, 0.1) is 6.92 Å². The van der Waals surface area contributed by atoms with Gasteiger partial charge < -0.3 is 0 Å². The van der Waals surface area contributed by atoms with Crippen LogP contribution in [0.5, 0.6) is 0 Å². The number of nitrogens with zero attached hydrogens (tertiary/aromatic N) is 3. The smallest absolute Gasteiger partial charge is 0.267 e. The van der Waals surface area contributed by atoms with Crippen LogP contribution in [-0.2, 0) is 0 Å². The quantitative estimate of drug-likeness (QED) is 0.370. The first-order valence-electron chi connectivity index (χ1n) is 10.3. The first kappa shape index (κ1) is 17.7. The molecule has 0 bridgehead atoms. The molecule has 4 heteroatoms. The third-order valence-corrected chi connectivity index (χ3v) is 5.88. The molecule has 0 saturated heterocycles. The molecule has 4 aromatic carbocycles. The average molecular weight is 401 g/mol. The molecule has 0 saturated carbocycles. The van der Waals surface area contributed by atoms with Gasteiger partial charge in [-0.15, -0.1) is 0 Å². The maximum atomic E-state index is 13.4. The van der Waals surface area contributed by atoms with Gasteiger partial charge in [0.25, 0.3) is 5.56 Å². The van der Waals surface area contributed by atoms with Gasteiger partial charge >= 0.3 is 0 Å². The highest BCUT2D eigenvalue weighted by Gasteiger charge is 2.18. The Morgan fingerprint density at radius 2 is 1.42 bits per heavy atom. The fourth-order valence-corrected chi connectivity index (χ4v) is 4.34. The molecule has 148 valence electrons. The van der Waals surface area contributed by atoms with E-state index >= 15 is 0 Å². The molecular weight excluding hydrogens is 382 g/mol. The van der Waals surface area contributed by atoms with Crippen LogP contribution in [0.1, 0.15) is 5.56 Å². The number of para-hydroxylation sites is 3. The molecule has 6 aromatic rings. The molecular formula is C27H19N3O. The molecule has 0 N–H and O–H groups in total. The molecule has 0 aliphatic carbocycles. The Hall–Kier alpha value is -4.18. The Morgan fingerprint density at radius 1 is 0.710 bits per heavy atom. The number of rotatable bonds is 2. The van der Waals surface area contributed by atoms with Gasteiger partial charge in [0.1, 0.15) is 0 Å². The topological polar surface area (TPSA) is 39.3 Å². The normalized spacial score (nSPS) is 11.5. The zero-order valence-corrected chi connectivity index (χ0v) is 17.0. The Kier molecular flexibility index (Phi) is 3.80. The van der Waals surface area contributed by atoms with Crippen molar-refractivity contribution in [1.82, 2.24) is 14.0 Å². The minimum atomic E-state index is -0.0487. The second-order valence-corrected chi connectivity index (χ2v) is 7.76. The van der Waals surface area contributed by atoms with Crippen molar-refractivity contribution in [3.8, 4) is 16.8 Å². The van der Waals surface area contributed by atoms with Gasteiger partial charge in [0, 0.05) is 0 Å². The molecule has 0 unspecified atom stereocenters. The van der Waals surface area contributed by atoms with E-state index in [1.807, 2.05) is 66.7 Å². The minimum Gasteiger partial charge on any atom is -0.278 e. The zero-order chi connectivity index (χ0) is 20.9. The van der Waals surface area contributed by atoms with Crippen LogP contribution in [0.25, 0.3) is 44.5 Å². The van der Waals surface area contributed by atoms with Crippen LogP contribution in [0.3, 0.4) is 0 Å². The highest BCUT2D eigenvalue weighted by Crippen LogP contribution is 2.30. The van der Waals surface area contributed by atoms with Crippen LogP contribution in [0.2, 0.25) is 0 Å². The summed E-state index contributed by atoms with van der Waals surface area (Å²) >= 11 is 0. The van der Waals surface area contributed by atoms with E-state index in [0.717, 1.165) is 33.4 Å². The number of benzene rings is 4. The van der Waals surface area contributed by atoms with Gasteiger partial charge in [-0.2, -0.15) is 0 Å². The van der Waals surface area contributed by atoms with Crippen LogP contribution in [-0.4, -0.2) is 14.0 Å². The van der Waals surface area contributed by atoms with Crippen molar-refractivity contribution in [3.63, 3.8) is 0 Å². The van der Waals surface area contributed by atoms with Gasteiger partial charge in [-0.1, -0.05) is 66.7 Å². The van der Waals surface area contributed by atoms with Gasteiger partial charge in [0.2, 0.25) is 5.78 Å². The summed E-state index contributed by atoms with van der Waals surface area (Å²) in [6.45, 7) is 2.09. The van der Waals surface area contributed by atoms with Gasteiger partial charge in [0.15, 0.2) is 0 Å². The lowest BCUT2D eigenvalue weighted by Crippen LogP contribution is -2.15. The van der Waals surface area contributed by atoms with E-state index in [-0.39, 0.29) is 5.56 Å². The van der Waals surface area contributed by atoms with Crippen molar-refractivity contribution in [1.29, 1.82) is 0 Å². The third kappa shape index (κ3) is 2.62. The van der Waals surface area contributed by atoms with Gasteiger partial charge in [-0.05, 0) is 53.9 Å². The highest BCUT2D eigenvalue weighted by atomic mass is 16.1. The second kappa shape index (κ2) is 6.67. The molecule has 0 fully saturated rings. The van der Waals surface area contributed by atoms with Crippen molar-refractivity contribution >= 4 is 27.7 Å². The summed E-state index contributed by atoms with van der Waals surface area (Å²) in [6.07, 6.45) is 0. The summed E-state index contributed by atoms with van der Waals surface area (Å²) < 4.78 is 3.83. The molecule has 0 spiro atoms. The lowest BCUT2D eigenvalue weighted by atomic mass is 10.0. The summed E-state index contributed by atoms with van der Waals surface area (Å²) in [4.78, 5) is 18.4. The third-order valence-electron chi connectivity index (χ3n) is 5.88. The Morgan fingerprint density at radius 3 is 2.26 bits per heavy atom. The second-order valence-electron chi connectivity index (χ2n) is 7.76. The Bertz CT molecular complexity index is 1660. The lowest BCUT2D eigenvalue weighted by Gasteiger charge is -2.12. The average Bonchev–Trinajstić information content (AvgIpc) is 3.14. The van der Waals surface area contributed by atoms with E-state index < -0.39 is 0 Å². The number of hydrogen-bond donors (Lipinski definition) is 0. The van der Waals surface area contributed by atoms with E-state index in [0.29, 0.717) is 16.7 Å². The summed E-state index contributed by atoms with van der Waals surface area (Å²) in [7, 11) is 0. The molecule has 6 rings (SSSR count). The van der Waals surface area contributed by atoms with Crippen LogP contribution >= 0.6 is 0 Å². The van der Waals surface area contributed by atoms with Crippen molar-refractivity contribution < 1.29 is 0 Å². The molecule has 31 heavy (non-hydrogen) atoms. The van der Waals surface area contributed by atoms with Crippen molar-refractivity contribution in [2.75, 3.05) is 0 Å². The fourth-order valence-electron chi connectivity index (χ4n) is 4.34. The monoisotopic (exact) mass is 401 g/mol.